The van der Waals surface area contributed by atoms with Crippen molar-refractivity contribution in [3.63, 3.8) is 0 Å². The number of alkyl halides is 1. The highest BCUT2D eigenvalue weighted by atomic mass is 35.5. The second-order valence-electron chi connectivity index (χ2n) is 3.54. The van der Waals surface area contributed by atoms with Gasteiger partial charge >= 0.3 is 6.03 Å². The average molecular weight is 235 g/mol. The van der Waals surface area contributed by atoms with E-state index in [4.69, 9.17) is 16.3 Å². The molecule has 15 heavy (non-hydrogen) atoms. The number of hydrogen-bond acceptors (Lipinski definition) is 3. The SMILES string of the molecule is CC(Cl)C(=O)NC(=O)N(C)C1CCOC1. The number of hydrogen-bond donors (Lipinski definition) is 1. The molecule has 0 aromatic heterocycles. The predicted octanol–water partition coefficient (Wildman–Crippen LogP) is 0.571. The van der Waals surface area contributed by atoms with Crippen LogP contribution in [0.15, 0.2) is 0 Å². The molecule has 1 N–H and O–H groups in total. The molecule has 6 heteroatoms. The lowest BCUT2D eigenvalue weighted by Crippen LogP contribution is -2.47. The lowest BCUT2D eigenvalue weighted by molar-refractivity contribution is -0.119. The summed E-state index contributed by atoms with van der Waals surface area (Å²) in [6.45, 7) is 2.69. The first-order valence-electron chi connectivity index (χ1n) is 4.82. The fourth-order valence-electron chi connectivity index (χ4n) is 1.29. The molecule has 1 heterocycles. The van der Waals surface area contributed by atoms with Crippen LogP contribution in [0.2, 0.25) is 0 Å². The smallest absolute Gasteiger partial charge is 0.324 e. The Morgan fingerprint density at radius 2 is 2.27 bits per heavy atom. The van der Waals surface area contributed by atoms with Crippen molar-refractivity contribution in [1.82, 2.24) is 10.2 Å². The van der Waals surface area contributed by atoms with E-state index in [-0.39, 0.29) is 6.04 Å². The zero-order valence-electron chi connectivity index (χ0n) is 8.83. The standard InChI is InChI=1S/C9H15ClN2O3/c1-6(10)8(13)11-9(14)12(2)7-3-4-15-5-7/h6-7H,3-5H2,1-2H3,(H,11,13,14). The second-order valence-corrected chi connectivity index (χ2v) is 4.19. The van der Waals surface area contributed by atoms with Gasteiger partial charge in [-0.1, -0.05) is 0 Å². The first-order chi connectivity index (χ1) is 7.02. The van der Waals surface area contributed by atoms with Gasteiger partial charge in [-0.25, -0.2) is 4.79 Å². The van der Waals surface area contributed by atoms with E-state index >= 15 is 0 Å². The van der Waals surface area contributed by atoms with E-state index in [2.05, 4.69) is 5.32 Å². The molecular weight excluding hydrogens is 220 g/mol. The summed E-state index contributed by atoms with van der Waals surface area (Å²) in [5.41, 5.74) is 0. The summed E-state index contributed by atoms with van der Waals surface area (Å²) in [6.07, 6.45) is 0.800. The second kappa shape index (κ2) is 5.32. The minimum Gasteiger partial charge on any atom is -0.379 e. The fourth-order valence-corrected chi connectivity index (χ4v) is 1.34. The maximum Gasteiger partial charge on any atom is 0.324 e. The molecule has 0 bridgehead atoms. The molecule has 0 saturated carbocycles. The van der Waals surface area contributed by atoms with E-state index in [0.717, 1.165) is 6.42 Å². The first-order valence-corrected chi connectivity index (χ1v) is 5.25. The number of rotatable bonds is 2. The highest BCUT2D eigenvalue weighted by Gasteiger charge is 2.25. The van der Waals surface area contributed by atoms with E-state index in [1.807, 2.05) is 0 Å². The van der Waals surface area contributed by atoms with Gasteiger partial charge in [-0.2, -0.15) is 0 Å². The Bertz CT molecular complexity index is 252. The molecule has 0 spiro atoms. The number of likely N-dealkylation sites (N-methyl/N-ethyl adjacent to an activating group) is 1. The maximum absolute atomic E-state index is 11.5. The molecule has 0 aromatic rings. The maximum atomic E-state index is 11.5. The molecule has 1 aliphatic rings. The van der Waals surface area contributed by atoms with E-state index in [1.54, 1.807) is 7.05 Å². The number of carbonyl (C=O) groups excluding carboxylic acids is 2. The highest BCUT2D eigenvalue weighted by molar-refractivity contribution is 6.31. The van der Waals surface area contributed by atoms with E-state index in [1.165, 1.54) is 11.8 Å². The Hall–Kier alpha value is -0.810. The Balaban J connectivity index is 2.42. The summed E-state index contributed by atoms with van der Waals surface area (Å²) in [7, 11) is 1.64. The van der Waals surface area contributed by atoms with Crippen LogP contribution < -0.4 is 5.32 Å². The lowest BCUT2D eigenvalue weighted by Gasteiger charge is -2.23. The van der Waals surface area contributed by atoms with E-state index in [0.29, 0.717) is 13.2 Å². The molecule has 2 unspecified atom stereocenters. The summed E-state index contributed by atoms with van der Waals surface area (Å²) in [4.78, 5) is 24.2. The van der Waals surface area contributed by atoms with Crippen LogP contribution in [0, 0.1) is 0 Å². The van der Waals surface area contributed by atoms with Crippen LogP contribution in [-0.4, -0.2) is 48.5 Å². The predicted molar refractivity (Wildman–Crippen MR) is 55.8 cm³/mol. The first kappa shape index (κ1) is 12.3. The Labute approximate surface area is 93.7 Å². The van der Waals surface area contributed by atoms with Gasteiger partial charge in [0.2, 0.25) is 5.91 Å². The van der Waals surface area contributed by atoms with E-state index < -0.39 is 17.3 Å². The molecule has 2 atom stereocenters. The van der Waals surface area contributed by atoms with Gasteiger partial charge in [-0.15, -0.1) is 11.6 Å². The molecule has 5 nitrogen and oxygen atoms in total. The molecule has 0 aromatic carbocycles. The van der Waals surface area contributed by atoms with Crippen LogP contribution in [-0.2, 0) is 9.53 Å². The van der Waals surface area contributed by atoms with Crippen molar-refractivity contribution in [2.24, 2.45) is 0 Å². The molecular formula is C9H15ClN2O3. The van der Waals surface area contributed by atoms with Crippen molar-refractivity contribution in [1.29, 1.82) is 0 Å². The number of imide groups is 1. The molecule has 3 amide bonds. The average Bonchev–Trinajstić information content (AvgIpc) is 2.68. The van der Waals surface area contributed by atoms with Crippen molar-refractivity contribution in [3.8, 4) is 0 Å². The molecule has 1 rings (SSSR count). The number of urea groups is 1. The fraction of sp³-hybridized carbons (Fsp3) is 0.778. The van der Waals surface area contributed by atoms with Crippen molar-refractivity contribution in [2.75, 3.05) is 20.3 Å². The minimum atomic E-state index is -0.706. The number of nitrogens with zero attached hydrogens (tertiary/aromatic N) is 1. The molecule has 1 saturated heterocycles. The van der Waals surface area contributed by atoms with Crippen LogP contribution >= 0.6 is 11.6 Å². The van der Waals surface area contributed by atoms with Crippen LogP contribution in [0.5, 0.6) is 0 Å². The zero-order chi connectivity index (χ0) is 11.4. The summed E-state index contributed by atoms with van der Waals surface area (Å²) in [5, 5.41) is 1.51. The summed E-state index contributed by atoms with van der Waals surface area (Å²) in [5.74, 6) is -0.479. The molecule has 1 aliphatic heterocycles. The Kier molecular flexibility index (Phi) is 4.35. The summed E-state index contributed by atoms with van der Waals surface area (Å²) >= 11 is 5.53. The van der Waals surface area contributed by atoms with E-state index in [9.17, 15) is 9.59 Å². The van der Waals surface area contributed by atoms with Crippen LogP contribution in [0.1, 0.15) is 13.3 Å². The topological polar surface area (TPSA) is 58.6 Å². The normalized spacial score (nSPS) is 22.2. The third-order valence-electron chi connectivity index (χ3n) is 2.37. The van der Waals surface area contributed by atoms with Crippen LogP contribution in [0.4, 0.5) is 4.79 Å². The molecule has 0 aliphatic carbocycles. The van der Waals surface area contributed by atoms with Gasteiger partial charge in [0.1, 0.15) is 5.38 Å². The summed E-state index contributed by atoms with van der Waals surface area (Å²) < 4.78 is 5.15. The quantitative estimate of drug-likeness (QED) is 0.711. The Morgan fingerprint density at radius 1 is 1.60 bits per heavy atom. The van der Waals surface area contributed by atoms with Gasteiger partial charge in [-0.3, -0.25) is 10.1 Å². The summed E-state index contributed by atoms with van der Waals surface area (Å²) in [6, 6.07) is -0.383. The molecule has 1 fully saturated rings. The third kappa shape index (κ3) is 3.35. The van der Waals surface area contributed by atoms with Crippen molar-refractivity contribution in [3.05, 3.63) is 0 Å². The van der Waals surface area contributed by atoms with Gasteiger partial charge in [0.15, 0.2) is 0 Å². The van der Waals surface area contributed by atoms with Gasteiger partial charge < -0.3 is 9.64 Å². The zero-order valence-corrected chi connectivity index (χ0v) is 9.58. The number of halogens is 1. The van der Waals surface area contributed by atoms with Gasteiger partial charge in [0.05, 0.1) is 12.6 Å². The van der Waals surface area contributed by atoms with Crippen LogP contribution in [0.25, 0.3) is 0 Å². The van der Waals surface area contributed by atoms with Crippen molar-refractivity contribution in [2.45, 2.75) is 24.8 Å². The molecule has 0 radical (unpaired) electrons. The number of ether oxygens (including phenoxy) is 1. The molecule has 86 valence electrons. The third-order valence-corrected chi connectivity index (χ3v) is 2.56. The monoisotopic (exact) mass is 234 g/mol. The largest absolute Gasteiger partial charge is 0.379 e. The minimum absolute atomic E-state index is 0.0448. The Morgan fingerprint density at radius 3 is 2.73 bits per heavy atom. The van der Waals surface area contributed by atoms with Crippen molar-refractivity contribution < 1.29 is 14.3 Å². The van der Waals surface area contributed by atoms with Gasteiger partial charge in [-0.05, 0) is 13.3 Å². The highest BCUT2D eigenvalue weighted by Crippen LogP contribution is 2.10. The lowest BCUT2D eigenvalue weighted by atomic mass is 10.2. The van der Waals surface area contributed by atoms with Gasteiger partial charge in [0.25, 0.3) is 0 Å². The van der Waals surface area contributed by atoms with Gasteiger partial charge in [0, 0.05) is 13.7 Å². The number of amides is 3. The van der Waals surface area contributed by atoms with Crippen LogP contribution in [0.3, 0.4) is 0 Å². The number of nitrogens with one attached hydrogen (secondary N) is 1. The van der Waals surface area contributed by atoms with Crippen molar-refractivity contribution >= 4 is 23.5 Å². The number of carbonyl (C=O) groups is 2.